The molecule has 2 saturated heterocycles. The first kappa shape index (κ1) is 24.3. The fraction of sp³-hybridized carbons (Fsp3) is 0.560. The summed E-state index contributed by atoms with van der Waals surface area (Å²) in [7, 11) is 0. The van der Waals surface area contributed by atoms with E-state index in [0.717, 1.165) is 48.2 Å². The summed E-state index contributed by atoms with van der Waals surface area (Å²) in [6.07, 6.45) is 6.18. The molecule has 1 aliphatic carbocycles. The number of nitrogens with two attached hydrogens (primary N) is 1. The number of amides is 2. The molecular weight excluding hydrogens is 488 g/mol. The minimum atomic E-state index is -0.668. The summed E-state index contributed by atoms with van der Waals surface area (Å²) >= 11 is 7.76. The standard InChI is InChI=1S/C25H29ClN4O4S/c1-12-16(9-28-13(2)29-12)19-8-15(23(35-19)24(27)32)20(14-6-4-3-5-7-14)25(33)30-10-17(26)22-21(30)18(31)11-34-22/h8-9,14,17,20-22H,3-7,10-11H2,1-2H3,(H2,27,32)/t17-,20-,21+,22+/m0/s1. The van der Waals surface area contributed by atoms with Gasteiger partial charge in [-0.25, -0.2) is 9.97 Å². The van der Waals surface area contributed by atoms with Crippen molar-refractivity contribution in [2.45, 2.75) is 69.4 Å². The van der Waals surface area contributed by atoms with E-state index in [1.54, 1.807) is 11.1 Å². The van der Waals surface area contributed by atoms with Crippen molar-refractivity contribution in [3.05, 3.63) is 34.2 Å². The number of hydrogen-bond acceptors (Lipinski definition) is 7. The van der Waals surface area contributed by atoms with Gasteiger partial charge in [-0.2, -0.15) is 0 Å². The number of nitrogens with zero attached hydrogens (tertiary/aromatic N) is 3. The first-order valence-electron chi connectivity index (χ1n) is 12.1. The molecule has 10 heteroatoms. The molecular formula is C25H29ClN4O4S. The van der Waals surface area contributed by atoms with Gasteiger partial charge in [0.2, 0.25) is 5.91 Å². The van der Waals surface area contributed by atoms with Crippen LogP contribution in [0.3, 0.4) is 0 Å². The van der Waals surface area contributed by atoms with Gasteiger partial charge in [0.1, 0.15) is 24.6 Å². The number of primary amides is 1. The molecule has 0 spiro atoms. The molecule has 2 N–H and O–H groups in total. The van der Waals surface area contributed by atoms with Crippen LogP contribution < -0.4 is 5.73 Å². The molecule has 4 heterocycles. The number of Topliss-reactive ketones (excluding diaryl/α,β-unsaturated/α-hetero) is 1. The van der Waals surface area contributed by atoms with Gasteiger partial charge < -0.3 is 15.4 Å². The molecule has 1 saturated carbocycles. The highest BCUT2D eigenvalue weighted by Crippen LogP contribution is 2.45. The third-order valence-electron chi connectivity index (χ3n) is 7.48. The lowest BCUT2D eigenvalue weighted by atomic mass is 9.75. The van der Waals surface area contributed by atoms with E-state index in [2.05, 4.69) is 9.97 Å². The predicted octanol–water partition coefficient (Wildman–Crippen LogP) is 3.37. The lowest BCUT2D eigenvalue weighted by molar-refractivity contribution is -0.139. The van der Waals surface area contributed by atoms with Crippen molar-refractivity contribution in [1.29, 1.82) is 0 Å². The van der Waals surface area contributed by atoms with E-state index in [9.17, 15) is 14.4 Å². The maximum Gasteiger partial charge on any atom is 0.259 e. The first-order chi connectivity index (χ1) is 16.8. The number of alkyl halides is 1. The van der Waals surface area contributed by atoms with Crippen LogP contribution in [0.15, 0.2) is 12.3 Å². The number of thiophene rings is 1. The molecule has 8 nitrogen and oxygen atoms in total. The summed E-state index contributed by atoms with van der Waals surface area (Å²) in [4.78, 5) is 51.0. The summed E-state index contributed by atoms with van der Waals surface area (Å²) in [5.41, 5.74) is 8.08. The third-order valence-corrected chi connectivity index (χ3v) is 9.06. The van der Waals surface area contributed by atoms with Crippen molar-refractivity contribution in [1.82, 2.24) is 14.9 Å². The number of carbonyl (C=O) groups excluding carboxylic acids is 3. The lowest BCUT2D eigenvalue weighted by Crippen LogP contribution is -2.46. The third kappa shape index (κ3) is 4.38. The van der Waals surface area contributed by atoms with Gasteiger partial charge in [0, 0.05) is 28.9 Å². The highest BCUT2D eigenvalue weighted by atomic mass is 35.5. The molecule has 4 atom stereocenters. The Kier molecular flexibility index (Phi) is 6.67. The zero-order valence-corrected chi connectivity index (χ0v) is 21.4. The van der Waals surface area contributed by atoms with Gasteiger partial charge in [0.15, 0.2) is 5.78 Å². The fourth-order valence-electron chi connectivity index (χ4n) is 5.85. The van der Waals surface area contributed by atoms with Crippen molar-refractivity contribution in [3.8, 4) is 10.4 Å². The minimum absolute atomic E-state index is 0.0295. The predicted molar refractivity (Wildman–Crippen MR) is 133 cm³/mol. The molecule has 0 aromatic carbocycles. The summed E-state index contributed by atoms with van der Waals surface area (Å²) < 4.78 is 5.60. The number of rotatable bonds is 5. The summed E-state index contributed by atoms with van der Waals surface area (Å²) in [5, 5.41) is -0.441. The number of ketones is 1. The van der Waals surface area contributed by atoms with Crippen LogP contribution in [0.1, 0.15) is 64.8 Å². The Morgan fingerprint density at radius 3 is 2.69 bits per heavy atom. The van der Waals surface area contributed by atoms with Crippen molar-refractivity contribution >= 4 is 40.5 Å². The van der Waals surface area contributed by atoms with Crippen LogP contribution in [-0.4, -0.2) is 63.1 Å². The van der Waals surface area contributed by atoms with E-state index in [4.69, 9.17) is 22.1 Å². The Morgan fingerprint density at radius 1 is 1.26 bits per heavy atom. The minimum Gasteiger partial charge on any atom is -0.366 e. The number of halogens is 1. The maximum atomic E-state index is 14.2. The second-order valence-corrected chi connectivity index (χ2v) is 11.4. The van der Waals surface area contributed by atoms with Gasteiger partial charge in [-0.05, 0) is 44.2 Å². The second-order valence-electron chi connectivity index (χ2n) is 9.74. The quantitative estimate of drug-likeness (QED) is 0.609. The molecule has 3 fully saturated rings. The molecule has 5 rings (SSSR count). The van der Waals surface area contributed by atoms with Gasteiger partial charge >= 0.3 is 0 Å². The normalized spacial score (nSPS) is 25.6. The molecule has 0 unspecified atom stereocenters. The molecule has 35 heavy (non-hydrogen) atoms. The highest BCUT2D eigenvalue weighted by molar-refractivity contribution is 7.17. The van der Waals surface area contributed by atoms with Crippen LogP contribution in [0.4, 0.5) is 0 Å². The van der Waals surface area contributed by atoms with Gasteiger partial charge in [0.05, 0.1) is 16.2 Å². The zero-order chi connectivity index (χ0) is 24.9. The maximum absolute atomic E-state index is 14.2. The summed E-state index contributed by atoms with van der Waals surface area (Å²) in [5.74, 6) is -0.718. The molecule has 2 aromatic rings. The van der Waals surface area contributed by atoms with Gasteiger partial charge in [-0.3, -0.25) is 14.4 Å². The Bertz CT molecular complexity index is 1180. The average Bonchev–Trinajstić information content (AvgIpc) is 3.51. The Hall–Kier alpha value is -2.36. The fourth-order valence-corrected chi connectivity index (χ4v) is 7.32. The lowest BCUT2D eigenvalue weighted by Gasteiger charge is -2.34. The van der Waals surface area contributed by atoms with Crippen LogP contribution in [0.2, 0.25) is 0 Å². The van der Waals surface area contributed by atoms with Crippen molar-refractivity contribution < 1.29 is 19.1 Å². The van der Waals surface area contributed by atoms with Gasteiger partial charge in [0.25, 0.3) is 5.91 Å². The van der Waals surface area contributed by atoms with Crippen LogP contribution in [0.5, 0.6) is 0 Å². The van der Waals surface area contributed by atoms with Gasteiger partial charge in [-0.1, -0.05) is 19.3 Å². The number of hydrogen-bond donors (Lipinski definition) is 1. The Balaban J connectivity index is 1.59. The van der Waals surface area contributed by atoms with E-state index in [0.29, 0.717) is 16.3 Å². The second kappa shape index (κ2) is 9.59. The van der Waals surface area contributed by atoms with E-state index < -0.39 is 29.3 Å². The number of aromatic nitrogens is 2. The smallest absolute Gasteiger partial charge is 0.259 e. The van der Waals surface area contributed by atoms with Crippen molar-refractivity contribution in [3.63, 3.8) is 0 Å². The monoisotopic (exact) mass is 516 g/mol. The van der Waals surface area contributed by atoms with E-state index in [1.807, 2.05) is 19.9 Å². The largest absolute Gasteiger partial charge is 0.366 e. The van der Waals surface area contributed by atoms with Crippen LogP contribution in [0, 0.1) is 19.8 Å². The zero-order valence-electron chi connectivity index (χ0n) is 19.8. The summed E-state index contributed by atoms with van der Waals surface area (Å²) in [6.45, 7) is 3.94. The van der Waals surface area contributed by atoms with Crippen molar-refractivity contribution in [2.24, 2.45) is 11.7 Å². The SMILES string of the molecule is Cc1ncc(-c2cc([C@@H](C(=O)N3C[C@H](Cl)[C@H]4OCC(=O)[C@H]43)C3CCCCC3)c(C(N)=O)s2)c(C)n1. The number of carbonyl (C=O) groups is 3. The van der Waals surface area contributed by atoms with Crippen LogP contribution in [0.25, 0.3) is 10.4 Å². The topological polar surface area (TPSA) is 115 Å². The molecule has 2 amide bonds. The highest BCUT2D eigenvalue weighted by Gasteiger charge is 2.53. The average molecular weight is 517 g/mol. The molecule has 2 aromatic heterocycles. The summed E-state index contributed by atoms with van der Waals surface area (Å²) in [6, 6.07) is 1.24. The van der Waals surface area contributed by atoms with E-state index in [1.165, 1.54) is 11.3 Å². The number of aryl methyl sites for hydroxylation is 2. The van der Waals surface area contributed by atoms with Crippen LogP contribution >= 0.6 is 22.9 Å². The molecule has 3 aliphatic rings. The number of fused-ring (bicyclic) bond motifs is 1. The van der Waals surface area contributed by atoms with Crippen LogP contribution in [-0.2, 0) is 14.3 Å². The molecule has 186 valence electrons. The van der Waals surface area contributed by atoms with E-state index in [-0.39, 0.29) is 30.8 Å². The van der Waals surface area contributed by atoms with E-state index >= 15 is 0 Å². The molecule has 0 radical (unpaired) electrons. The number of ether oxygens (including phenoxy) is 1. The Labute approximate surface area is 213 Å². The molecule has 2 aliphatic heterocycles. The van der Waals surface area contributed by atoms with Gasteiger partial charge in [-0.15, -0.1) is 22.9 Å². The Morgan fingerprint density at radius 2 is 2.00 bits per heavy atom. The number of likely N-dealkylation sites (tertiary alicyclic amines) is 1. The first-order valence-corrected chi connectivity index (χ1v) is 13.3. The molecule has 0 bridgehead atoms. The van der Waals surface area contributed by atoms with Crippen molar-refractivity contribution in [2.75, 3.05) is 13.2 Å².